The summed E-state index contributed by atoms with van der Waals surface area (Å²) in [6.07, 6.45) is 1.43. The lowest BCUT2D eigenvalue weighted by molar-refractivity contribution is 1.07. The first-order valence-corrected chi connectivity index (χ1v) is 6.72. The van der Waals surface area contributed by atoms with Crippen molar-refractivity contribution < 1.29 is 0 Å². The minimum Gasteiger partial charge on any atom is -0.317 e. The van der Waals surface area contributed by atoms with Crippen LogP contribution in [0.4, 0.5) is 0 Å². The summed E-state index contributed by atoms with van der Waals surface area (Å²) in [5, 5.41) is 1.18. The Morgan fingerprint density at radius 2 is 2.00 bits per heavy atom. The highest BCUT2D eigenvalue weighted by molar-refractivity contribution is 7.98. The monoisotopic (exact) mass is 276 g/mol. The molecule has 3 rings (SSSR count). The molecule has 0 saturated heterocycles. The minimum atomic E-state index is 0.378. The van der Waals surface area contributed by atoms with Crippen molar-refractivity contribution in [1.82, 2.24) is 19.9 Å². The van der Waals surface area contributed by atoms with Crippen molar-refractivity contribution in [2.75, 3.05) is 0 Å². The fourth-order valence-electron chi connectivity index (χ4n) is 1.57. The maximum atomic E-state index is 5.94. The van der Waals surface area contributed by atoms with Crippen LogP contribution in [0, 0.1) is 0 Å². The fourth-order valence-corrected chi connectivity index (χ4v) is 2.57. The molecule has 1 N–H and O–H groups in total. The van der Waals surface area contributed by atoms with E-state index in [4.69, 9.17) is 11.6 Å². The molecule has 0 unspecified atom stereocenters. The molecule has 18 heavy (non-hydrogen) atoms. The van der Waals surface area contributed by atoms with Gasteiger partial charge >= 0.3 is 0 Å². The number of hydrogen-bond donors (Lipinski definition) is 1. The quantitative estimate of drug-likeness (QED) is 0.589. The van der Waals surface area contributed by atoms with E-state index >= 15 is 0 Å². The highest BCUT2D eigenvalue weighted by Gasteiger charge is 2.08. The Balaban J connectivity index is 1.81. The van der Waals surface area contributed by atoms with E-state index in [-0.39, 0.29) is 0 Å². The van der Waals surface area contributed by atoms with Crippen LogP contribution < -0.4 is 0 Å². The molecule has 4 nitrogen and oxygen atoms in total. The first kappa shape index (κ1) is 11.5. The lowest BCUT2D eigenvalue weighted by Crippen LogP contribution is -1.80. The van der Waals surface area contributed by atoms with Crippen molar-refractivity contribution in [1.29, 1.82) is 0 Å². The van der Waals surface area contributed by atoms with E-state index in [1.54, 1.807) is 11.8 Å². The van der Waals surface area contributed by atoms with E-state index in [1.165, 1.54) is 11.9 Å². The zero-order valence-electron chi connectivity index (χ0n) is 9.30. The number of hydrogen-bond acceptors (Lipinski definition) is 4. The van der Waals surface area contributed by atoms with Gasteiger partial charge in [0, 0.05) is 5.75 Å². The Hall–Kier alpha value is -1.59. The van der Waals surface area contributed by atoms with Crippen molar-refractivity contribution in [3.05, 3.63) is 47.4 Å². The zero-order chi connectivity index (χ0) is 12.4. The minimum absolute atomic E-state index is 0.378. The molecule has 0 fully saturated rings. The van der Waals surface area contributed by atoms with Crippen LogP contribution in [-0.2, 0) is 5.75 Å². The van der Waals surface area contributed by atoms with Gasteiger partial charge in [-0.05, 0) is 5.56 Å². The van der Waals surface area contributed by atoms with Crippen LogP contribution in [0.3, 0.4) is 0 Å². The maximum absolute atomic E-state index is 5.94. The average molecular weight is 277 g/mol. The Morgan fingerprint density at radius 3 is 2.78 bits per heavy atom. The molecule has 0 bridgehead atoms. The van der Waals surface area contributed by atoms with Crippen molar-refractivity contribution in [3.63, 3.8) is 0 Å². The number of imidazole rings is 1. The Bertz CT molecular complexity index is 668. The van der Waals surface area contributed by atoms with Gasteiger partial charge in [0.2, 0.25) is 0 Å². The molecule has 6 heteroatoms. The fraction of sp³-hybridized carbons (Fsp3) is 0.0833. The van der Waals surface area contributed by atoms with Crippen molar-refractivity contribution >= 4 is 34.5 Å². The van der Waals surface area contributed by atoms with Crippen LogP contribution in [0.2, 0.25) is 5.15 Å². The molecule has 0 aliphatic rings. The summed E-state index contributed by atoms with van der Waals surface area (Å²) in [6, 6.07) is 10.2. The second-order valence-corrected chi connectivity index (χ2v) is 5.00. The first-order chi connectivity index (χ1) is 8.83. The number of nitrogens with one attached hydrogen (secondary N) is 1. The largest absolute Gasteiger partial charge is 0.317 e. The van der Waals surface area contributed by atoms with Crippen LogP contribution in [0.25, 0.3) is 11.2 Å². The molecule has 2 heterocycles. The third kappa shape index (κ3) is 2.32. The molecule has 1 aromatic carbocycles. The third-order valence-electron chi connectivity index (χ3n) is 2.43. The predicted octanol–water partition coefficient (Wildman–Crippen LogP) is 3.30. The van der Waals surface area contributed by atoms with E-state index in [9.17, 15) is 0 Å². The van der Waals surface area contributed by atoms with Gasteiger partial charge in [-0.1, -0.05) is 53.7 Å². The molecule has 2 aromatic heterocycles. The number of rotatable bonds is 3. The van der Waals surface area contributed by atoms with Crippen LogP contribution in [-0.4, -0.2) is 19.9 Å². The van der Waals surface area contributed by atoms with Crippen molar-refractivity contribution in [2.45, 2.75) is 10.9 Å². The molecule has 0 atom stereocenters. The number of benzene rings is 1. The van der Waals surface area contributed by atoms with Gasteiger partial charge in [-0.3, -0.25) is 0 Å². The predicted molar refractivity (Wildman–Crippen MR) is 72.7 cm³/mol. The molecule has 0 aliphatic carbocycles. The van der Waals surface area contributed by atoms with Gasteiger partial charge in [-0.15, -0.1) is 0 Å². The normalized spacial score (nSPS) is 10.9. The second-order valence-electron chi connectivity index (χ2n) is 3.68. The second kappa shape index (κ2) is 4.96. The van der Waals surface area contributed by atoms with Gasteiger partial charge in [0.1, 0.15) is 11.8 Å². The van der Waals surface area contributed by atoms with E-state index in [1.807, 2.05) is 18.2 Å². The number of thioether (sulfide) groups is 1. The van der Waals surface area contributed by atoms with Crippen molar-refractivity contribution in [3.8, 4) is 0 Å². The maximum Gasteiger partial charge on any atom is 0.168 e. The smallest absolute Gasteiger partial charge is 0.168 e. The first-order valence-electron chi connectivity index (χ1n) is 5.36. The number of aromatic nitrogens is 4. The van der Waals surface area contributed by atoms with Crippen LogP contribution in [0.5, 0.6) is 0 Å². The van der Waals surface area contributed by atoms with Gasteiger partial charge in [-0.2, -0.15) is 0 Å². The number of fused-ring (bicyclic) bond motifs is 1. The number of H-pyrrole nitrogens is 1. The standard InChI is InChI=1S/C12H9ClN4S/c13-10-9-11(15-7-14-10)17-12(16-9)18-6-8-4-2-1-3-5-8/h1-5,7H,6H2,(H,14,15,16,17). The van der Waals surface area contributed by atoms with E-state index in [2.05, 4.69) is 32.1 Å². The van der Waals surface area contributed by atoms with E-state index < -0.39 is 0 Å². The van der Waals surface area contributed by atoms with Gasteiger partial charge in [0.25, 0.3) is 0 Å². The molecule has 0 radical (unpaired) electrons. The van der Waals surface area contributed by atoms with Gasteiger partial charge in [0.05, 0.1) is 0 Å². The van der Waals surface area contributed by atoms with Crippen molar-refractivity contribution in [2.24, 2.45) is 0 Å². The zero-order valence-corrected chi connectivity index (χ0v) is 10.9. The Kier molecular flexibility index (Phi) is 3.17. The number of halogens is 1. The lowest BCUT2D eigenvalue weighted by Gasteiger charge is -1.97. The molecular weight excluding hydrogens is 268 g/mol. The highest BCUT2D eigenvalue weighted by Crippen LogP contribution is 2.24. The summed E-state index contributed by atoms with van der Waals surface area (Å²) in [7, 11) is 0. The number of aromatic amines is 1. The lowest BCUT2D eigenvalue weighted by atomic mass is 10.2. The molecular formula is C12H9ClN4S. The summed E-state index contributed by atoms with van der Waals surface area (Å²) in [5.41, 5.74) is 2.54. The molecule has 0 spiro atoms. The van der Waals surface area contributed by atoms with Crippen LogP contribution in [0.1, 0.15) is 5.56 Å². The van der Waals surface area contributed by atoms with E-state index in [0.29, 0.717) is 16.3 Å². The Labute approximate surface area is 113 Å². The summed E-state index contributed by atoms with van der Waals surface area (Å²) < 4.78 is 0. The van der Waals surface area contributed by atoms with Gasteiger partial charge in [-0.25, -0.2) is 15.0 Å². The topological polar surface area (TPSA) is 54.5 Å². The number of nitrogens with zero attached hydrogens (tertiary/aromatic N) is 3. The third-order valence-corrected chi connectivity index (χ3v) is 3.66. The van der Waals surface area contributed by atoms with Crippen LogP contribution in [0.15, 0.2) is 41.8 Å². The molecule has 90 valence electrons. The molecule has 0 saturated carbocycles. The molecule has 0 aliphatic heterocycles. The van der Waals surface area contributed by atoms with Crippen LogP contribution >= 0.6 is 23.4 Å². The summed E-state index contributed by atoms with van der Waals surface area (Å²) in [5.74, 6) is 0.853. The van der Waals surface area contributed by atoms with Gasteiger partial charge in [0.15, 0.2) is 16.0 Å². The average Bonchev–Trinajstić information content (AvgIpc) is 2.82. The summed E-state index contributed by atoms with van der Waals surface area (Å²) >= 11 is 7.56. The SMILES string of the molecule is Clc1ncnc2[nH]c(SCc3ccccc3)nc12. The Morgan fingerprint density at radius 1 is 1.17 bits per heavy atom. The van der Waals surface area contributed by atoms with E-state index in [0.717, 1.165) is 10.9 Å². The summed E-state index contributed by atoms with van der Waals surface area (Å²) in [4.78, 5) is 15.5. The highest BCUT2D eigenvalue weighted by atomic mass is 35.5. The summed E-state index contributed by atoms with van der Waals surface area (Å²) in [6.45, 7) is 0. The molecule has 3 aromatic rings. The van der Waals surface area contributed by atoms with Gasteiger partial charge < -0.3 is 4.98 Å². The molecule has 0 amide bonds.